The molecular formula is C23H33N3O3. The molecule has 2 bridgehead atoms. The average Bonchev–Trinajstić information content (AvgIpc) is 3.28. The van der Waals surface area contributed by atoms with Gasteiger partial charge in [-0.1, -0.05) is 25.0 Å². The molecule has 2 fully saturated rings. The SMILES string of the molecule is C/C=C\c1ccc2n(c1=O)C[C@H]1[C@H](CO)[C@@H](C(=O)N(C)C)[C@@H]2N1CC1CCCC1. The van der Waals surface area contributed by atoms with Gasteiger partial charge < -0.3 is 14.6 Å². The van der Waals surface area contributed by atoms with Crippen LogP contribution in [0.3, 0.4) is 0 Å². The van der Waals surface area contributed by atoms with Crippen molar-refractivity contribution in [1.82, 2.24) is 14.4 Å². The van der Waals surface area contributed by atoms with E-state index in [1.54, 1.807) is 19.0 Å². The summed E-state index contributed by atoms with van der Waals surface area (Å²) in [6.07, 6.45) is 8.75. The van der Waals surface area contributed by atoms with Gasteiger partial charge >= 0.3 is 0 Å². The maximum Gasteiger partial charge on any atom is 0.258 e. The molecule has 158 valence electrons. The predicted octanol–water partition coefficient (Wildman–Crippen LogP) is 2.12. The third-order valence-corrected chi connectivity index (χ3v) is 7.22. The second-order valence-corrected chi connectivity index (χ2v) is 9.09. The summed E-state index contributed by atoms with van der Waals surface area (Å²) in [5.74, 6) is 0.224. The van der Waals surface area contributed by atoms with E-state index in [0.717, 1.165) is 12.2 Å². The van der Waals surface area contributed by atoms with Gasteiger partial charge in [0.25, 0.3) is 5.56 Å². The van der Waals surface area contributed by atoms with Gasteiger partial charge in [-0.3, -0.25) is 14.5 Å². The number of nitrogens with zero attached hydrogens (tertiary/aromatic N) is 3. The van der Waals surface area contributed by atoms with Crippen LogP contribution in [0, 0.1) is 17.8 Å². The van der Waals surface area contributed by atoms with Gasteiger partial charge in [-0.2, -0.15) is 0 Å². The second kappa shape index (κ2) is 8.07. The molecule has 1 aromatic rings. The van der Waals surface area contributed by atoms with E-state index in [0.29, 0.717) is 18.0 Å². The molecule has 0 radical (unpaired) electrons. The molecule has 1 amide bonds. The van der Waals surface area contributed by atoms with E-state index < -0.39 is 0 Å². The van der Waals surface area contributed by atoms with Crippen LogP contribution >= 0.6 is 0 Å². The molecule has 3 heterocycles. The molecule has 1 saturated carbocycles. The summed E-state index contributed by atoms with van der Waals surface area (Å²) in [6.45, 7) is 3.38. The van der Waals surface area contributed by atoms with Gasteiger partial charge in [0.2, 0.25) is 5.91 Å². The van der Waals surface area contributed by atoms with Gasteiger partial charge in [-0.05, 0) is 37.8 Å². The molecule has 0 unspecified atom stereocenters. The minimum Gasteiger partial charge on any atom is -0.396 e. The van der Waals surface area contributed by atoms with Crippen molar-refractivity contribution < 1.29 is 9.90 Å². The van der Waals surface area contributed by atoms with E-state index in [9.17, 15) is 14.7 Å². The lowest BCUT2D eigenvalue weighted by Crippen LogP contribution is -2.48. The fraction of sp³-hybridized carbons (Fsp3) is 0.652. The summed E-state index contributed by atoms with van der Waals surface area (Å²) in [6, 6.07) is 3.78. The highest BCUT2D eigenvalue weighted by Gasteiger charge is 2.56. The standard InChI is InChI=1S/C23H33N3O3/c1-4-7-16-10-11-18-21-20(23(29)24(2)3)17(14-27)19(13-26(18)22(16)28)25(21)12-15-8-5-6-9-15/h4,7,10-11,15,17,19-21,27H,5-6,8-9,12-14H2,1-3H3/b7-4-/t17-,19-,20+,21+/m0/s1. The molecule has 0 spiro atoms. The summed E-state index contributed by atoms with van der Waals surface area (Å²) >= 11 is 0. The zero-order chi connectivity index (χ0) is 20.7. The predicted molar refractivity (Wildman–Crippen MR) is 113 cm³/mol. The first-order valence-corrected chi connectivity index (χ1v) is 10.9. The van der Waals surface area contributed by atoms with Crippen LogP contribution in [0.5, 0.6) is 0 Å². The van der Waals surface area contributed by atoms with Crippen molar-refractivity contribution in [2.75, 3.05) is 27.2 Å². The molecule has 0 aromatic carbocycles. The number of fused-ring (bicyclic) bond motifs is 4. The van der Waals surface area contributed by atoms with Gasteiger partial charge in [0.1, 0.15) is 0 Å². The Labute approximate surface area is 172 Å². The first-order chi connectivity index (χ1) is 14.0. The van der Waals surface area contributed by atoms with Crippen molar-refractivity contribution in [1.29, 1.82) is 0 Å². The van der Waals surface area contributed by atoms with Crippen molar-refractivity contribution >= 4 is 12.0 Å². The molecule has 2 aliphatic heterocycles. The molecule has 6 heteroatoms. The van der Waals surface area contributed by atoms with Crippen LogP contribution in [0.2, 0.25) is 0 Å². The van der Waals surface area contributed by atoms with Gasteiger partial charge in [0, 0.05) is 57.0 Å². The third-order valence-electron chi connectivity index (χ3n) is 7.22. The first-order valence-electron chi connectivity index (χ1n) is 10.9. The molecule has 1 aliphatic carbocycles. The van der Waals surface area contributed by atoms with Crippen LogP contribution < -0.4 is 5.56 Å². The van der Waals surface area contributed by atoms with Crippen LogP contribution in [0.4, 0.5) is 0 Å². The van der Waals surface area contributed by atoms with E-state index in [1.807, 2.05) is 35.8 Å². The highest BCUT2D eigenvalue weighted by molar-refractivity contribution is 5.80. The minimum atomic E-state index is -0.317. The Morgan fingerprint density at radius 2 is 2.00 bits per heavy atom. The Morgan fingerprint density at radius 1 is 1.28 bits per heavy atom. The van der Waals surface area contributed by atoms with Crippen LogP contribution in [0.1, 0.15) is 49.9 Å². The molecule has 1 saturated heterocycles. The van der Waals surface area contributed by atoms with Crippen molar-refractivity contribution in [2.45, 2.75) is 51.2 Å². The summed E-state index contributed by atoms with van der Waals surface area (Å²) in [4.78, 5) is 30.4. The fourth-order valence-corrected chi connectivity index (χ4v) is 5.87. The minimum absolute atomic E-state index is 0.00533. The van der Waals surface area contributed by atoms with E-state index in [4.69, 9.17) is 0 Å². The van der Waals surface area contributed by atoms with Crippen molar-refractivity contribution in [3.63, 3.8) is 0 Å². The second-order valence-electron chi connectivity index (χ2n) is 9.09. The molecule has 6 nitrogen and oxygen atoms in total. The molecule has 1 aromatic heterocycles. The van der Waals surface area contributed by atoms with E-state index in [-0.39, 0.29) is 42.0 Å². The highest BCUT2D eigenvalue weighted by Crippen LogP contribution is 2.49. The topological polar surface area (TPSA) is 65.8 Å². The summed E-state index contributed by atoms with van der Waals surface area (Å²) in [5.41, 5.74) is 1.61. The van der Waals surface area contributed by atoms with Crippen molar-refractivity contribution in [2.24, 2.45) is 17.8 Å². The maximum atomic E-state index is 13.2. The van der Waals surface area contributed by atoms with Gasteiger partial charge in [-0.15, -0.1) is 0 Å². The Bertz CT molecular complexity index is 853. The molecule has 4 atom stereocenters. The number of aromatic nitrogens is 1. The number of rotatable bonds is 5. The zero-order valence-corrected chi connectivity index (χ0v) is 17.8. The van der Waals surface area contributed by atoms with Crippen LogP contribution in [-0.4, -0.2) is 58.7 Å². The number of carbonyl (C=O) groups excluding carboxylic acids is 1. The Balaban J connectivity index is 1.81. The largest absolute Gasteiger partial charge is 0.396 e. The first kappa shape index (κ1) is 20.4. The lowest BCUT2D eigenvalue weighted by atomic mass is 9.86. The van der Waals surface area contributed by atoms with Crippen LogP contribution in [0.15, 0.2) is 23.0 Å². The number of hydrogen-bond acceptors (Lipinski definition) is 4. The number of aliphatic hydroxyl groups excluding tert-OH is 1. The molecule has 29 heavy (non-hydrogen) atoms. The highest BCUT2D eigenvalue weighted by atomic mass is 16.3. The lowest BCUT2D eigenvalue weighted by Gasteiger charge is -2.39. The summed E-state index contributed by atoms with van der Waals surface area (Å²) in [5, 5.41) is 10.3. The van der Waals surface area contributed by atoms with Gasteiger partial charge in [0.05, 0.1) is 12.0 Å². The Kier molecular flexibility index (Phi) is 5.67. The third kappa shape index (κ3) is 3.36. The van der Waals surface area contributed by atoms with Gasteiger partial charge in [0.15, 0.2) is 0 Å². The van der Waals surface area contributed by atoms with E-state index >= 15 is 0 Å². The van der Waals surface area contributed by atoms with Crippen LogP contribution in [-0.2, 0) is 11.3 Å². The number of amides is 1. The van der Waals surface area contributed by atoms with E-state index in [1.165, 1.54) is 25.7 Å². The number of pyridine rings is 1. The summed E-state index contributed by atoms with van der Waals surface area (Å²) in [7, 11) is 3.56. The summed E-state index contributed by atoms with van der Waals surface area (Å²) < 4.78 is 1.86. The lowest BCUT2D eigenvalue weighted by molar-refractivity contribution is -0.135. The van der Waals surface area contributed by atoms with E-state index in [2.05, 4.69) is 4.90 Å². The van der Waals surface area contributed by atoms with Crippen molar-refractivity contribution in [3.05, 3.63) is 39.8 Å². The monoisotopic (exact) mass is 399 g/mol. The normalized spacial score (nSPS) is 29.5. The smallest absolute Gasteiger partial charge is 0.258 e. The molecule has 4 rings (SSSR count). The van der Waals surface area contributed by atoms with Gasteiger partial charge in [-0.25, -0.2) is 0 Å². The average molecular weight is 400 g/mol. The number of aliphatic hydroxyl groups is 1. The fourth-order valence-electron chi connectivity index (χ4n) is 5.87. The maximum absolute atomic E-state index is 13.2. The van der Waals surface area contributed by atoms with Crippen molar-refractivity contribution in [3.8, 4) is 0 Å². The number of allylic oxidation sites excluding steroid dienone is 1. The molecule has 3 aliphatic rings. The quantitative estimate of drug-likeness (QED) is 0.824. The Morgan fingerprint density at radius 3 is 2.62 bits per heavy atom. The zero-order valence-electron chi connectivity index (χ0n) is 17.8. The Hall–Kier alpha value is -1.92. The molecule has 1 N–H and O–H groups in total. The number of carbonyl (C=O) groups is 1. The van der Waals surface area contributed by atoms with Crippen LogP contribution in [0.25, 0.3) is 6.08 Å². The number of hydrogen-bond donors (Lipinski definition) is 1. The molecular weight excluding hydrogens is 366 g/mol.